The molecular weight excluding hydrogens is 415 g/mol. The third-order valence-electron chi connectivity index (χ3n) is 5.94. The zero-order valence-corrected chi connectivity index (χ0v) is 20.7. The summed E-state index contributed by atoms with van der Waals surface area (Å²) in [5, 5.41) is 0.575. The molecule has 0 saturated carbocycles. The lowest BCUT2D eigenvalue weighted by atomic mass is 9.97. The van der Waals surface area contributed by atoms with E-state index in [0.29, 0.717) is 16.4 Å². The predicted molar refractivity (Wildman–Crippen MR) is 133 cm³/mol. The summed E-state index contributed by atoms with van der Waals surface area (Å²) in [6.45, 7) is 11.6. The number of ketones is 2. The highest BCUT2D eigenvalue weighted by Crippen LogP contribution is 2.46. The molecular formula is C28H31O3P. The van der Waals surface area contributed by atoms with Crippen LogP contribution in [0.1, 0.15) is 54.1 Å². The minimum atomic E-state index is -3.32. The molecule has 0 fully saturated rings. The number of aryl methyl sites for hydroxylation is 6. The van der Waals surface area contributed by atoms with Crippen LogP contribution < -0.4 is 5.30 Å². The first-order chi connectivity index (χ1) is 15.0. The topological polar surface area (TPSA) is 51.2 Å². The van der Waals surface area contributed by atoms with E-state index >= 15 is 0 Å². The molecule has 0 bridgehead atoms. The molecule has 166 valence electrons. The van der Waals surface area contributed by atoms with Crippen molar-refractivity contribution in [1.82, 2.24) is 0 Å². The Bertz CT molecular complexity index is 1120. The Morgan fingerprint density at radius 1 is 0.625 bits per heavy atom. The second-order valence-corrected chi connectivity index (χ2v) is 11.9. The van der Waals surface area contributed by atoms with Gasteiger partial charge in [0.05, 0.1) is 12.3 Å². The quantitative estimate of drug-likeness (QED) is 0.316. The van der Waals surface area contributed by atoms with Crippen molar-refractivity contribution in [3.8, 4) is 0 Å². The van der Waals surface area contributed by atoms with Crippen molar-refractivity contribution in [2.45, 2.75) is 41.5 Å². The van der Waals surface area contributed by atoms with Gasteiger partial charge in [0.25, 0.3) is 0 Å². The summed E-state index contributed by atoms with van der Waals surface area (Å²) in [4.78, 5) is 26.8. The van der Waals surface area contributed by atoms with Crippen LogP contribution in [-0.2, 0) is 4.57 Å². The number of carbonyl (C=O) groups excluding carboxylic acids is 2. The normalized spacial score (nSPS) is 11.4. The maximum Gasteiger partial charge on any atom is 0.171 e. The number of rotatable bonds is 7. The molecule has 0 saturated heterocycles. The van der Waals surface area contributed by atoms with Crippen molar-refractivity contribution < 1.29 is 14.2 Å². The van der Waals surface area contributed by atoms with Crippen molar-refractivity contribution in [3.63, 3.8) is 0 Å². The highest BCUT2D eigenvalue weighted by atomic mass is 31.2. The van der Waals surface area contributed by atoms with Crippen LogP contribution in [0.5, 0.6) is 0 Å². The van der Waals surface area contributed by atoms with E-state index in [2.05, 4.69) is 0 Å². The minimum absolute atomic E-state index is 0.155. The molecule has 0 aromatic heterocycles. The van der Waals surface area contributed by atoms with Gasteiger partial charge in [-0.2, -0.15) is 0 Å². The van der Waals surface area contributed by atoms with E-state index in [-0.39, 0.29) is 23.9 Å². The first-order valence-electron chi connectivity index (χ1n) is 10.9. The Labute approximate surface area is 191 Å². The molecule has 0 unspecified atom stereocenters. The number of carbonyl (C=O) groups is 2. The maximum atomic E-state index is 14.3. The van der Waals surface area contributed by atoms with Crippen molar-refractivity contribution in [1.29, 1.82) is 0 Å². The van der Waals surface area contributed by atoms with Crippen LogP contribution in [0.4, 0.5) is 0 Å². The van der Waals surface area contributed by atoms with Crippen LogP contribution in [0.15, 0.2) is 54.6 Å². The van der Waals surface area contributed by atoms with Crippen LogP contribution in [0, 0.1) is 41.5 Å². The number of Topliss-reactive ketones (excluding diaryl/α,β-unsaturated/α-hetero) is 2. The van der Waals surface area contributed by atoms with Gasteiger partial charge in [-0.1, -0.05) is 65.7 Å². The Kier molecular flexibility index (Phi) is 7.00. The second-order valence-electron chi connectivity index (χ2n) is 8.93. The first-order valence-corrected chi connectivity index (χ1v) is 13.0. The second kappa shape index (κ2) is 9.38. The van der Waals surface area contributed by atoms with Crippen LogP contribution in [0.2, 0.25) is 0 Å². The first kappa shape index (κ1) is 23.9. The molecule has 3 rings (SSSR count). The van der Waals surface area contributed by atoms with E-state index in [1.165, 1.54) is 0 Å². The van der Waals surface area contributed by atoms with Crippen molar-refractivity contribution >= 4 is 24.0 Å². The number of benzene rings is 3. The molecule has 0 aliphatic heterocycles. The van der Waals surface area contributed by atoms with Gasteiger partial charge in [0.15, 0.2) is 11.6 Å². The fourth-order valence-electron chi connectivity index (χ4n) is 4.80. The maximum absolute atomic E-state index is 14.3. The molecule has 3 aromatic carbocycles. The molecule has 3 nitrogen and oxygen atoms in total. The van der Waals surface area contributed by atoms with Gasteiger partial charge in [-0.15, -0.1) is 0 Å². The third kappa shape index (κ3) is 5.00. The van der Waals surface area contributed by atoms with Crippen molar-refractivity contribution in [2.24, 2.45) is 0 Å². The van der Waals surface area contributed by atoms with Gasteiger partial charge < -0.3 is 4.57 Å². The third-order valence-corrected chi connectivity index (χ3v) is 8.77. The van der Waals surface area contributed by atoms with Gasteiger partial charge in [-0.25, -0.2) is 0 Å². The summed E-state index contributed by atoms with van der Waals surface area (Å²) in [5.41, 5.74) is 6.91. The van der Waals surface area contributed by atoms with E-state index < -0.39 is 7.14 Å². The Morgan fingerprint density at radius 2 is 0.969 bits per heavy atom. The van der Waals surface area contributed by atoms with Crippen LogP contribution in [-0.4, -0.2) is 23.9 Å². The van der Waals surface area contributed by atoms with Crippen molar-refractivity contribution in [3.05, 3.63) is 99.1 Å². The molecule has 0 amide bonds. The molecule has 0 heterocycles. The van der Waals surface area contributed by atoms with Gasteiger partial charge in [0.2, 0.25) is 0 Å². The Morgan fingerprint density at radius 3 is 1.31 bits per heavy atom. The highest BCUT2D eigenvalue weighted by Gasteiger charge is 2.33. The molecule has 0 N–H and O–H groups in total. The average molecular weight is 447 g/mol. The molecule has 0 aliphatic rings. The largest absolute Gasteiger partial charge is 0.318 e. The molecule has 32 heavy (non-hydrogen) atoms. The van der Waals surface area contributed by atoms with E-state index in [0.717, 1.165) is 33.4 Å². The van der Waals surface area contributed by atoms with Crippen LogP contribution in [0.3, 0.4) is 0 Å². The highest BCUT2D eigenvalue weighted by molar-refractivity contribution is 7.73. The Hall–Kier alpha value is -2.77. The summed E-state index contributed by atoms with van der Waals surface area (Å²) >= 11 is 0. The number of hydrogen-bond donors (Lipinski definition) is 0. The van der Waals surface area contributed by atoms with Gasteiger partial charge in [-0.3, -0.25) is 9.59 Å². The minimum Gasteiger partial charge on any atom is -0.318 e. The summed E-state index contributed by atoms with van der Waals surface area (Å²) < 4.78 is 14.3. The van der Waals surface area contributed by atoms with Crippen LogP contribution in [0.25, 0.3) is 0 Å². The Balaban J connectivity index is 2.03. The van der Waals surface area contributed by atoms with Crippen molar-refractivity contribution in [2.75, 3.05) is 12.3 Å². The lowest BCUT2D eigenvalue weighted by Gasteiger charge is -2.20. The average Bonchev–Trinajstić information content (AvgIpc) is 2.66. The summed E-state index contributed by atoms with van der Waals surface area (Å²) in [7, 11) is -3.32. The summed E-state index contributed by atoms with van der Waals surface area (Å²) in [6.07, 6.45) is -0.311. The standard InChI is InChI=1S/C28H31O3P/c1-18-12-20(3)27(21(4)13-18)25(29)16-32(31,24-10-8-7-9-11-24)17-26(30)28-22(5)14-19(2)15-23(28)6/h7-15H,16-17H2,1-6H3. The lowest BCUT2D eigenvalue weighted by molar-refractivity contribution is 0.101. The van der Waals surface area contributed by atoms with Gasteiger partial charge in [0, 0.05) is 16.4 Å². The molecule has 0 atom stereocenters. The molecule has 0 radical (unpaired) electrons. The fraction of sp³-hybridized carbons (Fsp3) is 0.286. The smallest absolute Gasteiger partial charge is 0.171 e. The molecule has 4 heteroatoms. The van der Waals surface area contributed by atoms with Gasteiger partial charge in [-0.05, 0) is 63.8 Å². The monoisotopic (exact) mass is 446 g/mol. The van der Waals surface area contributed by atoms with E-state index in [1.807, 2.05) is 84.0 Å². The van der Waals surface area contributed by atoms with Crippen LogP contribution >= 0.6 is 7.14 Å². The van der Waals surface area contributed by atoms with E-state index in [9.17, 15) is 14.2 Å². The zero-order chi connectivity index (χ0) is 23.6. The summed E-state index contributed by atoms with van der Waals surface area (Å²) in [5.74, 6) is -0.338. The SMILES string of the molecule is Cc1cc(C)c(C(=O)CP(=O)(CC(=O)c2c(C)cc(C)cc2C)c2ccccc2)c(C)c1. The molecule has 0 spiro atoms. The summed E-state index contributed by atoms with van der Waals surface area (Å²) in [6, 6.07) is 16.9. The van der Waals surface area contributed by atoms with E-state index in [1.54, 1.807) is 12.1 Å². The van der Waals surface area contributed by atoms with E-state index in [4.69, 9.17) is 0 Å². The lowest BCUT2D eigenvalue weighted by Crippen LogP contribution is -2.22. The fourth-order valence-corrected chi connectivity index (χ4v) is 7.24. The van der Waals surface area contributed by atoms with Gasteiger partial charge in [0.1, 0.15) is 7.14 Å². The zero-order valence-electron chi connectivity index (χ0n) is 19.8. The predicted octanol–water partition coefficient (Wildman–Crippen LogP) is 6.29. The molecule has 0 aliphatic carbocycles. The molecule has 3 aromatic rings. The van der Waals surface area contributed by atoms with Gasteiger partial charge >= 0.3 is 0 Å². The number of hydrogen-bond acceptors (Lipinski definition) is 3.